The number of rotatable bonds is 4. The molecule has 2 atom stereocenters. The van der Waals surface area contributed by atoms with Crippen LogP contribution in [0.1, 0.15) is 18.6 Å². The molecule has 0 bridgehead atoms. The van der Waals surface area contributed by atoms with Gasteiger partial charge in [0.15, 0.2) is 0 Å². The van der Waals surface area contributed by atoms with Crippen molar-refractivity contribution in [2.45, 2.75) is 19.1 Å². The van der Waals surface area contributed by atoms with E-state index in [0.717, 1.165) is 10.2 Å². The van der Waals surface area contributed by atoms with E-state index in [1.54, 1.807) is 12.1 Å². The number of non-ortho nitro benzene ring substituents is 1. The summed E-state index contributed by atoms with van der Waals surface area (Å²) in [6.45, 7) is 2.82. The quantitative estimate of drug-likeness (QED) is 0.448. The summed E-state index contributed by atoms with van der Waals surface area (Å²) in [7, 11) is 0. The lowest BCUT2D eigenvalue weighted by molar-refractivity contribution is -0.384. The predicted molar refractivity (Wildman–Crippen MR) is 113 cm³/mol. The van der Waals surface area contributed by atoms with Crippen LogP contribution in [-0.2, 0) is 4.74 Å². The maximum Gasteiger partial charge on any atom is 0.292 e. The SMILES string of the molecule is CC1CN(c2cnn(-c3ccc([N+](=O)[O-])cc3)c(=O)c2Cl)CC(c2ccc(F)cc2)O1. The maximum atomic E-state index is 13.3. The van der Waals surface area contributed by atoms with Gasteiger partial charge in [-0.05, 0) is 36.8 Å². The Morgan fingerprint density at radius 3 is 2.48 bits per heavy atom. The van der Waals surface area contributed by atoms with Gasteiger partial charge < -0.3 is 9.64 Å². The fourth-order valence-electron chi connectivity index (χ4n) is 3.55. The van der Waals surface area contributed by atoms with Crippen LogP contribution in [-0.4, -0.2) is 33.9 Å². The van der Waals surface area contributed by atoms with Crippen molar-refractivity contribution in [1.29, 1.82) is 0 Å². The Labute approximate surface area is 181 Å². The van der Waals surface area contributed by atoms with Gasteiger partial charge in [0.25, 0.3) is 11.2 Å². The summed E-state index contributed by atoms with van der Waals surface area (Å²) in [6, 6.07) is 11.5. The maximum absolute atomic E-state index is 13.3. The Bertz CT molecular complexity index is 1170. The third kappa shape index (κ3) is 4.28. The number of hydrogen-bond donors (Lipinski definition) is 0. The van der Waals surface area contributed by atoms with Crippen LogP contribution in [0.2, 0.25) is 5.02 Å². The first-order chi connectivity index (χ1) is 14.8. The number of nitro groups is 1. The molecule has 0 amide bonds. The molecule has 0 spiro atoms. The molecule has 2 unspecified atom stereocenters. The molecule has 1 saturated heterocycles. The van der Waals surface area contributed by atoms with E-state index in [0.29, 0.717) is 24.5 Å². The first-order valence-corrected chi connectivity index (χ1v) is 9.90. The second-order valence-corrected chi connectivity index (χ2v) is 7.60. The monoisotopic (exact) mass is 444 g/mol. The number of morpholine rings is 1. The van der Waals surface area contributed by atoms with E-state index >= 15 is 0 Å². The number of ether oxygens (including phenoxy) is 1. The van der Waals surface area contributed by atoms with Gasteiger partial charge in [-0.15, -0.1) is 0 Å². The van der Waals surface area contributed by atoms with Crippen molar-refractivity contribution in [3.63, 3.8) is 0 Å². The van der Waals surface area contributed by atoms with E-state index in [-0.39, 0.29) is 28.7 Å². The number of anilines is 1. The van der Waals surface area contributed by atoms with Crippen molar-refractivity contribution in [3.05, 3.63) is 91.6 Å². The Morgan fingerprint density at radius 2 is 1.84 bits per heavy atom. The highest BCUT2D eigenvalue weighted by molar-refractivity contribution is 6.33. The van der Waals surface area contributed by atoms with Gasteiger partial charge >= 0.3 is 0 Å². The molecule has 10 heteroatoms. The Morgan fingerprint density at radius 1 is 1.16 bits per heavy atom. The summed E-state index contributed by atoms with van der Waals surface area (Å²) in [4.78, 5) is 25.1. The van der Waals surface area contributed by atoms with Crippen molar-refractivity contribution in [2.24, 2.45) is 0 Å². The van der Waals surface area contributed by atoms with Crippen molar-refractivity contribution < 1.29 is 14.1 Å². The van der Waals surface area contributed by atoms with Gasteiger partial charge in [-0.3, -0.25) is 14.9 Å². The number of nitrogens with zero attached hydrogens (tertiary/aromatic N) is 4. The van der Waals surface area contributed by atoms with Crippen LogP contribution < -0.4 is 10.5 Å². The summed E-state index contributed by atoms with van der Waals surface area (Å²) < 4.78 is 20.3. The topological polar surface area (TPSA) is 90.5 Å². The lowest BCUT2D eigenvalue weighted by Gasteiger charge is -2.38. The van der Waals surface area contributed by atoms with Crippen LogP contribution in [0.3, 0.4) is 0 Å². The molecule has 1 aromatic heterocycles. The first kappa shape index (κ1) is 21.0. The van der Waals surface area contributed by atoms with Gasteiger partial charge in [0, 0.05) is 25.2 Å². The second-order valence-electron chi connectivity index (χ2n) is 7.23. The lowest BCUT2D eigenvalue weighted by Crippen LogP contribution is -2.43. The van der Waals surface area contributed by atoms with Crippen LogP contribution in [0.4, 0.5) is 15.8 Å². The zero-order chi connectivity index (χ0) is 22.1. The molecule has 160 valence electrons. The van der Waals surface area contributed by atoms with Gasteiger partial charge in [-0.25, -0.2) is 4.39 Å². The first-order valence-electron chi connectivity index (χ1n) is 9.52. The minimum absolute atomic E-state index is 0.0136. The Balaban J connectivity index is 1.63. The molecule has 4 rings (SSSR count). The normalized spacial score (nSPS) is 18.7. The molecule has 2 aromatic carbocycles. The smallest absolute Gasteiger partial charge is 0.292 e. The standard InChI is InChI=1S/C21H18ClFN4O4/c1-13-11-25(12-19(31-13)14-2-4-15(23)5-3-14)18-10-24-26(21(28)20(18)22)16-6-8-17(9-7-16)27(29)30/h2-10,13,19H,11-12H2,1H3. The van der Waals surface area contributed by atoms with Crippen molar-refractivity contribution in [3.8, 4) is 5.69 Å². The molecule has 1 aliphatic heterocycles. The van der Waals surface area contributed by atoms with Gasteiger partial charge in [0.1, 0.15) is 16.9 Å². The minimum atomic E-state index is -0.537. The highest BCUT2D eigenvalue weighted by Gasteiger charge is 2.29. The Kier molecular flexibility index (Phi) is 5.71. The van der Waals surface area contributed by atoms with Crippen molar-refractivity contribution in [2.75, 3.05) is 18.0 Å². The number of hydrogen-bond acceptors (Lipinski definition) is 6. The van der Waals surface area contributed by atoms with E-state index in [1.165, 1.54) is 42.6 Å². The molecule has 3 aromatic rings. The number of benzene rings is 2. The minimum Gasteiger partial charge on any atom is -0.367 e. The average Bonchev–Trinajstić information content (AvgIpc) is 2.76. The molecule has 1 aliphatic rings. The number of aromatic nitrogens is 2. The fraction of sp³-hybridized carbons (Fsp3) is 0.238. The zero-order valence-electron chi connectivity index (χ0n) is 16.4. The molecular weight excluding hydrogens is 427 g/mol. The third-order valence-electron chi connectivity index (χ3n) is 5.05. The molecule has 0 saturated carbocycles. The summed E-state index contributed by atoms with van der Waals surface area (Å²) in [5.41, 5.74) is 1.02. The van der Waals surface area contributed by atoms with Gasteiger partial charge in [-0.1, -0.05) is 23.7 Å². The molecule has 0 aliphatic carbocycles. The molecule has 0 N–H and O–H groups in total. The third-order valence-corrected chi connectivity index (χ3v) is 5.40. The predicted octanol–water partition coefficient (Wildman–Crippen LogP) is 3.90. The van der Waals surface area contributed by atoms with Gasteiger partial charge in [0.2, 0.25) is 0 Å². The average molecular weight is 445 g/mol. The molecular formula is C21H18ClFN4O4. The molecule has 0 radical (unpaired) electrons. The summed E-state index contributed by atoms with van der Waals surface area (Å²) >= 11 is 6.41. The van der Waals surface area contributed by atoms with E-state index < -0.39 is 10.5 Å². The zero-order valence-corrected chi connectivity index (χ0v) is 17.2. The number of halogens is 2. The van der Waals surface area contributed by atoms with E-state index in [2.05, 4.69) is 5.10 Å². The molecule has 2 heterocycles. The highest BCUT2D eigenvalue weighted by atomic mass is 35.5. The molecule has 1 fully saturated rings. The molecule has 31 heavy (non-hydrogen) atoms. The van der Waals surface area contributed by atoms with E-state index in [4.69, 9.17) is 16.3 Å². The van der Waals surface area contributed by atoms with Crippen LogP contribution in [0.25, 0.3) is 5.69 Å². The Hall–Kier alpha value is -3.30. The second kappa shape index (κ2) is 8.44. The van der Waals surface area contributed by atoms with Gasteiger partial charge in [-0.2, -0.15) is 9.78 Å². The number of nitro benzene ring substituents is 1. The van der Waals surface area contributed by atoms with Crippen LogP contribution >= 0.6 is 11.6 Å². The molecule has 8 nitrogen and oxygen atoms in total. The van der Waals surface area contributed by atoms with Gasteiger partial charge in [0.05, 0.1) is 28.6 Å². The van der Waals surface area contributed by atoms with Crippen molar-refractivity contribution in [1.82, 2.24) is 9.78 Å². The van der Waals surface area contributed by atoms with E-state index in [9.17, 15) is 19.3 Å². The summed E-state index contributed by atoms with van der Waals surface area (Å²) in [5, 5.41) is 15.0. The van der Waals surface area contributed by atoms with Crippen LogP contribution in [0.15, 0.2) is 59.5 Å². The summed E-state index contributed by atoms with van der Waals surface area (Å²) in [6.07, 6.45) is 1.01. The lowest BCUT2D eigenvalue weighted by atomic mass is 10.1. The fourth-order valence-corrected chi connectivity index (χ4v) is 3.80. The summed E-state index contributed by atoms with van der Waals surface area (Å²) in [5.74, 6) is -0.327. The van der Waals surface area contributed by atoms with Crippen LogP contribution in [0, 0.1) is 15.9 Å². The van der Waals surface area contributed by atoms with E-state index in [1.807, 2.05) is 11.8 Å². The largest absolute Gasteiger partial charge is 0.367 e. The highest BCUT2D eigenvalue weighted by Crippen LogP contribution is 2.31. The van der Waals surface area contributed by atoms with Crippen molar-refractivity contribution >= 4 is 23.0 Å². The van der Waals surface area contributed by atoms with Crippen LogP contribution in [0.5, 0.6) is 0 Å².